The lowest BCUT2D eigenvalue weighted by Crippen LogP contribution is -2.20. The fraction of sp³-hybridized carbons (Fsp3) is 0.625. The van der Waals surface area contributed by atoms with Crippen LogP contribution in [0, 0.1) is 11.8 Å². The summed E-state index contributed by atoms with van der Waals surface area (Å²) in [6, 6.07) is 3.66. The Morgan fingerprint density at radius 1 is 1.20 bits per heavy atom. The second-order valence-corrected chi connectivity index (χ2v) is 6.57. The lowest BCUT2D eigenvalue weighted by molar-refractivity contribution is 0.254. The highest BCUT2D eigenvalue weighted by atomic mass is 35.5. The van der Waals surface area contributed by atoms with E-state index in [4.69, 9.17) is 27.9 Å². The Morgan fingerprint density at radius 3 is 2.50 bits per heavy atom. The molecule has 1 unspecified atom stereocenters. The Morgan fingerprint density at radius 2 is 1.90 bits per heavy atom. The van der Waals surface area contributed by atoms with Gasteiger partial charge in [-0.1, -0.05) is 57.3 Å². The highest BCUT2D eigenvalue weighted by molar-refractivity contribution is 6.35. The van der Waals surface area contributed by atoms with Crippen LogP contribution in [0.3, 0.4) is 0 Å². The molecule has 0 aliphatic rings. The van der Waals surface area contributed by atoms with Crippen molar-refractivity contribution in [1.29, 1.82) is 0 Å². The molecular formula is C16H25Cl2NO. The number of nitrogens with one attached hydrogen (secondary N) is 1. The molecule has 0 heterocycles. The molecule has 0 spiro atoms. The van der Waals surface area contributed by atoms with E-state index in [1.165, 1.54) is 0 Å². The molecule has 20 heavy (non-hydrogen) atoms. The molecule has 0 saturated carbocycles. The highest BCUT2D eigenvalue weighted by Crippen LogP contribution is 2.33. The van der Waals surface area contributed by atoms with Gasteiger partial charge >= 0.3 is 0 Å². The van der Waals surface area contributed by atoms with Crippen molar-refractivity contribution in [3.8, 4) is 5.75 Å². The van der Waals surface area contributed by atoms with E-state index in [1.54, 1.807) is 6.07 Å². The second-order valence-electron chi connectivity index (χ2n) is 5.73. The summed E-state index contributed by atoms with van der Waals surface area (Å²) in [5.74, 6) is 1.87. The quantitative estimate of drug-likeness (QED) is 0.714. The molecule has 0 aliphatic heterocycles. The number of ether oxygens (including phenoxy) is 1. The van der Waals surface area contributed by atoms with E-state index in [-0.39, 0.29) is 0 Å². The SMILES string of the molecule is CCC(C)COc1c(Cl)cc(Cl)cc1CNCC(C)C. The predicted molar refractivity (Wildman–Crippen MR) is 88.0 cm³/mol. The Bertz CT molecular complexity index is 421. The lowest BCUT2D eigenvalue weighted by atomic mass is 10.1. The van der Waals surface area contributed by atoms with E-state index < -0.39 is 0 Å². The summed E-state index contributed by atoms with van der Waals surface area (Å²) in [6.45, 7) is 11.0. The number of hydrogen-bond acceptors (Lipinski definition) is 2. The molecule has 1 aromatic carbocycles. The first kappa shape index (κ1) is 17.6. The van der Waals surface area contributed by atoms with Crippen molar-refractivity contribution in [3.63, 3.8) is 0 Å². The van der Waals surface area contributed by atoms with Gasteiger partial charge in [0.05, 0.1) is 11.6 Å². The van der Waals surface area contributed by atoms with E-state index in [9.17, 15) is 0 Å². The molecule has 0 aromatic heterocycles. The minimum atomic E-state index is 0.512. The van der Waals surface area contributed by atoms with Crippen molar-refractivity contribution >= 4 is 23.2 Å². The van der Waals surface area contributed by atoms with Crippen LogP contribution in [0.1, 0.15) is 39.7 Å². The maximum Gasteiger partial charge on any atom is 0.142 e. The average Bonchev–Trinajstić information content (AvgIpc) is 2.36. The number of rotatable bonds is 8. The van der Waals surface area contributed by atoms with Gasteiger partial charge in [-0.3, -0.25) is 0 Å². The van der Waals surface area contributed by atoms with Gasteiger partial charge in [0.25, 0.3) is 0 Å². The van der Waals surface area contributed by atoms with Crippen molar-refractivity contribution in [1.82, 2.24) is 5.32 Å². The second kappa shape index (κ2) is 8.76. The van der Waals surface area contributed by atoms with Crippen LogP contribution in [-0.2, 0) is 6.54 Å². The van der Waals surface area contributed by atoms with Gasteiger partial charge in [0.1, 0.15) is 5.75 Å². The number of halogens is 2. The topological polar surface area (TPSA) is 21.3 Å². The zero-order valence-corrected chi connectivity index (χ0v) is 14.3. The smallest absolute Gasteiger partial charge is 0.142 e. The van der Waals surface area contributed by atoms with Crippen LogP contribution in [0.4, 0.5) is 0 Å². The van der Waals surface area contributed by atoms with Crippen LogP contribution in [0.2, 0.25) is 10.0 Å². The van der Waals surface area contributed by atoms with Crippen LogP contribution in [-0.4, -0.2) is 13.2 Å². The van der Waals surface area contributed by atoms with Gasteiger partial charge in [0, 0.05) is 17.1 Å². The van der Waals surface area contributed by atoms with Crippen molar-refractivity contribution in [2.75, 3.05) is 13.2 Å². The fourth-order valence-electron chi connectivity index (χ4n) is 1.75. The zero-order valence-electron chi connectivity index (χ0n) is 12.8. The molecule has 2 nitrogen and oxygen atoms in total. The van der Waals surface area contributed by atoms with Crippen molar-refractivity contribution in [3.05, 3.63) is 27.7 Å². The summed E-state index contributed by atoms with van der Waals surface area (Å²) in [5.41, 5.74) is 1.02. The molecule has 0 bridgehead atoms. The summed E-state index contributed by atoms with van der Waals surface area (Å²) < 4.78 is 5.90. The van der Waals surface area contributed by atoms with E-state index in [1.807, 2.05) is 6.07 Å². The minimum absolute atomic E-state index is 0.512. The van der Waals surface area contributed by atoms with Gasteiger partial charge in [-0.25, -0.2) is 0 Å². The fourth-order valence-corrected chi connectivity index (χ4v) is 2.34. The van der Waals surface area contributed by atoms with Crippen LogP contribution in [0.5, 0.6) is 5.75 Å². The van der Waals surface area contributed by atoms with E-state index >= 15 is 0 Å². The molecule has 1 rings (SSSR count). The largest absolute Gasteiger partial charge is 0.491 e. The van der Waals surface area contributed by atoms with E-state index in [0.717, 1.165) is 24.3 Å². The number of hydrogen-bond donors (Lipinski definition) is 1. The maximum absolute atomic E-state index is 6.27. The first-order valence-corrected chi connectivity index (χ1v) is 8.01. The molecule has 0 saturated heterocycles. The van der Waals surface area contributed by atoms with Crippen LogP contribution in [0.25, 0.3) is 0 Å². The van der Waals surface area contributed by atoms with Gasteiger partial charge in [0.2, 0.25) is 0 Å². The summed E-state index contributed by atoms with van der Waals surface area (Å²) >= 11 is 12.4. The molecule has 0 radical (unpaired) electrons. The number of benzene rings is 1. The molecule has 4 heteroatoms. The first-order valence-electron chi connectivity index (χ1n) is 7.25. The average molecular weight is 318 g/mol. The van der Waals surface area contributed by atoms with Crippen LogP contribution < -0.4 is 10.1 Å². The third kappa shape index (κ3) is 5.90. The third-order valence-electron chi connectivity index (χ3n) is 3.16. The Labute approximate surface area is 132 Å². The van der Waals surface area contributed by atoms with Gasteiger partial charge in [0.15, 0.2) is 0 Å². The minimum Gasteiger partial charge on any atom is -0.491 e. The monoisotopic (exact) mass is 317 g/mol. The maximum atomic E-state index is 6.27. The molecule has 1 atom stereocenters. The summed E-state index contributed by atoms with van der Waals surface area (Å²) in [7, 11) is 0. The lowest BCUT2D eigenvalue weighted by Gasteiger charge is -2.17. The van der Waals surface area contributed by atoms with Gasteiger partial charge in [-0.2, -0.15) is 0 Å². The third-order valence-corrected chi connectivity index (χ3v) is 3.66. The Kier molecular flexibility index (Phi) is 7.71. The molecule has 114 valence electrons. The van der Waals surface area contributed by atoms with Crippen molar-refractivity contribution in [2.45, 2.75) is 40.7 Å². The molecule has 0 fully saturated rings. The Hall–Kier alpha value is -0.440. The van der Waals surface area contributed by atoms with Crippen LogP contribution in [0.15, 0.2) is 12.1 Å². The van der Waals surface area contributed by atoms with Gasteiger partial charge in [-0.15, -0.1) is 0 Å². The zero-order chi connectivity index (χ0) is 15.1. The molecule has 1 N–H and O–H groups in total. The van der Waals surface area contributed by atoms with Crippen LogP contribution >= 0.6 is 23.2 Å². The molecule has 0 aliphatic carbocycles. The normalized spacial score (nSPS) is 12.8. The molecule has 1 aromatic rings. The summed E-state index contributed by atoms with van der Waals surface area (Å²) in [6.07, 6.45) is 1.09. The summed E-state index contributed by atoms with van der Waals surface area (Å²) in [5, 5.41) is 4.63. The first-order chi connectivity index (χ1) is 9.43. The molecular weight excluding hydrogens is 293 g/mol. The Balaban J connectivity index is 2.78. The highest BCUT2D eigenvalue weighted by Gasteiger charge is 2.12. The van der Waals surface area contributed by atoms with Gasteiger partial charge < -0.3 is 10.1 Å². The van der Waals surface area contributed by atoms with E-state index in [2.05, 4.69) is 33.0 Å². The van der Waals surface area contributed by atoms with Crippen molar-refractivity contribution in [2.24, 2.45) is 11.8 Å². The van der Waals surface area contributed by atoms with Gasteiger partial charge in [-0.05, 0) is 30.5 Å². The molecule has 0 amide bonds. The van der Waals surface area contributed by atoms with E-state index in [0.29, 0.717) is 35.0 Å². The summed E-state index contributed by atoms with van der Waals surface area (Å²) in [4.78, 5) is 0. The standard InChI is InChI=1S/C16H25Cl2NO/c1-5-12(4)10-20-16-13(9-19-8-11(2)3)6-14(17)7-15(16)18/h6-7,11-12,19H,5,8-10H2,1-4H3. The van der Waals surface area contributed by atoms with Crippen molar-refractivity contribution < 1.29 is 4.74 Å². The predicted octanol–water partition coefficient (Wildman–Crippen LogP) is 5.16.